The van der Waals surface area contributed by atoms with E-state index in [0.29, 0.717) is 11.4 Å². The Morgan fingerprint density at radius 2 is 2.17 bits per heavy atom. The van der Waals surface area contributed by atoms with Gasteiger partial charge in [-0.1, -0.05) is 0 Å². The number of halogens is 1. The van der Waals surface area contributed by atoms with Crippen molar-refractivity contribution in [3.05, 3.63) is 37.1 Å². The van der Waals surface area contributed by atoms with Crippen LogP contribution >= 0.6 is 38.6 Å². The molecule has 3 nitrogen and oxygen atoms in total. The van der Waals surface area contributed by atoms with Crippen LogP contribution in [0.1, 0.15) is 15.2 Å². The van der Waals surface area contributed by atoms with Crippen LogP contribution < -0.4 is 4.74 Å². The standard InChI is InChI=1S/C12H12BrNO2S2/c1-14(5-8-3-11(13)18-6-8)12(15)10-4-9(16-2)7-17-10/h3-4,6-7H,5H2,1-2H3. The third-order valence-electron chi connectivity index (χ3n) is 2.41. The Bertz CT molecular complexity index is 550. The zero-order valence-electron chi connectivity index (χ0n) is 9.97. The fourth-order valence-electron chi connectivity index (χ4n) is 1.50. The fraction of sp³-hybridized carbons (Fsp3) is 0.250. The molecule has 0 saturated carbocycles. The highest BCUT2D eigenvalue weighted by molar-refractivity contribution is 9.11. The summed E-state index contributed by atoms with van der Waals surface area (Å²) < 4.78 is 6.16. The maximum absolute atomic E-state index is 12.2. The van der Waals surface area contributed by atoms with Crippen LogP contribution in [0.5, 0.6) is 5.75 Å². The van der Waals surface area contributed by atoms with E-state index >= 15 is 0 Å². The summed E-state index contributed by atoms with van der Waals surface area (Å²) in [4.78, 5) is 14.6. The lowest BCUT2D eigenvalue weighted by molar-refractivity contribution is 0.0790. The topological polar surface area (TPSA) is 29.5 Å². The van der Waals surface area contributed by atoms with E-state index in [4.69, 9.17) is 4.74 Å². The van der Waals surface area contributed by atoms with Gasteiger partial charge in [0.15, 0.2) is 0 Å². The summed E-state index contributed by atoms with van der Waals surface area (Å²) in [5, 5.41) is 3.88. The van der Waals surface area contributed by atoms with E-state index in [1.807, 2.05) is 16.8 Å². The first-order valence-corrected chi connectivity index (χ1v) is 7.76. The highest BCUT2D eigenvalue weighted by atomic mass is 79.9. The van der Waals surface area contributed by atoms with Crippen LogP contribution in [0.4, 0.5) is 0 Å². The quantitative estimate of drug-likeness (QED) is 0.842. The van der Waals surface area contributed by atoms with Crippen molar-refractivity contribution < 1.29 is 9.53 Å². The molecule has 0 fully saturated rings. The molecule has 0 atom stereocenters. The van der Waals surface area contributed by atoms with Crippen LogP contribution in [0.25, 0.3) is 0 Å². The first-order chi connectivity index (χ1) is 8.60. The molecule has 0 N–H and O–H groups in total. The second-order valence-corrected chi connectivity index (χ2v) is 6.97. The first-order valence-electron chi connectivity index (χ1n) is 5.21. The normalized spacial score (nSPS) is 10.4. The van der Waals surface area contributed by atoms with Crippen molar-refractivity contribution in [1.29, 1.82) is 0 Å². The largest absolute Gasteiger partial charge is 0.496 e. The molecule has 0 radical (unpaired) electrons. The Balaban J connectivity index is 2.04. The minimum absolute atomic E-state index is 0.0191. The van der Waals surface area contributed by atoms with Gasteiger partial charge in [0, 0.05) is 25.0 Å². The number of methoxy groups -OCH3 is 1. The Labute approximate surface area is 122 Å². The highest BCUT2D eigenvalue weighted by Gasteiger charge is 2.15. The van der Waals surface area contributed by atoms with Crippen molar-refractivity contribution in [2.75, 3.05) is 14.2 Å². The number of amides is 1. The molecule has 1 amide bonds. The average Bonchev–Trinajstić information content (AvgIpc) is 2.97. The van der Waals surface area contributed by atoms with E-state index in [0.717, 1.165) is 15.1 Å². The van der Waals surface area contributed by atoms with Gasteiger partial charge >= 0.3 is 0 Å². The Kier molecular flexibility index (Phi) is 4.42. The van der Waals surface area contributed by atoms with E-state index in [1.165, 1.54) is 11.3 Å². The molecule has 2 aromatic rings. The molecule has 18 heavy (non-hydrogen) atoms. The first kappa shape index (κ1) is 13.6. The molecule has 0 unspecified atom stereocenters. The molecular formula is C12H12BrNO2S2. The van der Waals surface area contributed by atoms with Gasteiger partial charge in [0.1, 0.15) is 5.75 Å². The number of carbonyl (C=O) groups is 1. The number of ether oxygens (including phenoxy) is 1. The summed E-state index contributed by atoms with van der Waals surface area (Å²) in [6.45, 7) is 0.612. The van der Waals surface area contributed by atoms with Gasteiger partial charge in [-0.2, -0.15) is 0 Å². The molecule has 96 valence electrons. The number of hydrogen-bond acceptors (Lipinski definition) is 4. The summed E-state index contributed by atoms with van der Waals surface area (Å²) in [6.07, 6.45) is 0. The van der Waals surface area contributed by atoms with Crippen LogP contribution in [0.3, 0.4) is 0 Å². The summed E-state index contributed by atoms with van der Waals surface area (Å²) >= 11 is 6.44. The van der Waals surface area contributed by atoms with Crippen molar-refractivity contribution in [1.82, 2.24) is 4.90 Å². The molecule has 0 saturated heterocycles. The Hall–Kier alpha value is -0.850. The van der Waals surface area contributed by atoms with Crippen LogP contribution in [-0.4, -0.2) is 25.0 Å². The van der Waals surface area contributed by atoms with Crippen molar-refractivity contribution in [3.8, 4) is 5.75 Å². The highest BCUT2D eigenvalue weighted by Crippen LogP contribution is 2.24. The molecule has 0 aliphatic carbocycles. The fourth-order valence-corrected chi connectivity index (χ4v) is 3.55. The van der Waals surface area contributed by atoms with Gasteiger partial charge in [-0.15, -0.1) is 22.7 Å². The van der Waals surface area contributed by atoms with Crippen molar-refractivity contribution >= 4 is 44.5 Å². The molecule has 0 spiro atoms. The second kappa shape index (κ2) is 5.86. The summed E-state index contributed by atoms with van der Waals surface area (Å²) in [6, 6.07) is 3.80. The third-order valence-corrected chi connectivity index (χ3v) is 4.86. The van der Waals surface area contributed by atoms with E-state index in [-0.39, 0.29) is 5.91 Å². The zero-order valence-corrected chi connectivity index (χ0v) is 13.2. The van der Waals surface area contributed by atoms with Gasteiger partial charge in [-0.25, -0.2) is 0 Å². The van der Waals surface area contributed by atoms with Gasteiger partial charge in [0.25, 0.3) is 5.91 Å². The maximum atomic E-state index is 12.2. The second-order valence-electron chi connectivity index (χ2n) is 3.77. The smallest absolute Gasteiger partial charge is 0.264 e. The van der Waals surface area contributed by atoms with Gasteiger partial charge in [-0.05, 0) is 32.9 Å². The van der Waals surface area contributed by atoms with Crippen LogP contribution in [0.15, 0.2) is 26.7 Å². The lowest BCUT2D eigenvalue weighted by atomic mass is 10.3. The van der Waals surface area contributed by atoms with Crippen LogP contribution in [0, 0.1) is 0 Å². The molecule has 2 aromatic heterocycles. The molecule has 0 aliphatic heterocycles. The number of hydrogen-bond donors (Lipinski definition) is 0. The molecular weight excluding hydrogens is 334 g/mol. The molecule has 2 heterocycles. The van der Waals surface area contributed by atoms with Crippen LogP contribution in [-0.2, 0) is 6.54 Å². The van der Waals surface area contributed by atoms with E-state index in [2.05, 4.69) is 15.9 Å². The number of rotatable bonds is 4. The maximum Gasteiger partial charge on any atom is 0.264 e. The Morgan fingerprint density at radius 1 is 1.39 bits per heavy atom. The summed E-state index contributed by atoms with van der Waals surface area (Å²) in [5.41, 5.74) is 1.13. The number of thiophene rings is 2. The molecule has 2 rings (SSSR count). The third kappa shape index (κ3) is 3.13. The van der Waals surface area contributed by atoms with Gasteiger partial charge in [0.05, 0.1) is 15.8 Å². The van der Waals surface area contributed by atoms with Crippen molar-refractivity contribution in [2.24, 2.45) is 0 Å². The van der Waals surface area contributed by atoms with Crippen molar-refractivity contribution in [3.63, 3.8) is 0 Å². The zero-order chi connectivity index (χ0) is 13.1. The SMILES string of the molecule is COc1csc(C(=O)N(C)Cc2csc(Br)c2)c1. The predicted octanol–water partition coefficient (Wildman–Crippen LogP) is 3.85. The number of nitrogens with zero attached hydrogens (tertiary/aromatic N) is 1. The van der Waals surface area contributed by atoms with E-state index in [1.54, 1.807) is 36.5 Å². The predicted molar refractivity (Wildman–Crippen MR) is 78.7 cm³/mol. The van der Waals surface area contributed by atoms with E-state index < -0.39 is 0 Å². The van der Waals surface area contributed by atoms with Gasteiger partial charge < -0.3 is 9.64 Å². The summed E-state index contributed by atoms with van der Waals surface area (Å²) in [7, 11) is 3.41. The molecule has 0 aliphatic rings. The molecule has 0 aromatic carbocycles. The van der Waals surface area contributed by atoms with Gasteiger partial charge in [-0.3, -0.25) is 4.79 Å². The van der Waals surface area contributed by atoms with Crippen molar-refractivity contribution in [2.45, 2.75) is 6.54 Å². The minimum atomic E-state index is 0.0191. The van der Waals surface area contributed by atoms with Crippen LogP contribution in [0.2, 0.25) is 0 Å². The number of carbonyl (C=O) groups excluding carboxylic acids is 1. The molecule has 0 bridgehead atoms. The molecule has 6 heteroatoms. The Morgan fingerprint density at radius 3 is 2.72 bits per heavy atom. The lowest BCUT2D eigenvalue weighted by Crippen LogP contribution is -2.25. The monoisotopic (exact) mass is 345 g/mol. The average molecular weight is 346 g/mol. The van der Waals surface area contributed by atoms with E-state index in [9.17, 15) is 4.79 Å². The van der Waals surface area contributed by atoms with Gasteiger partial charge in [0.2, 0.25) is 0 Å². The lowest BCUT2D eigenvalue weighted by Gasteiger charge is -2.15. The minimum Gasteiger partial charge on any atom is -0.496 e. The summed E-state index contributed by atoms with van der Waals surface area (Å²) in [5.74, 6) is 0.751.